The summed E-state index contributed by atoms with van der Waals surface area (Å²) in [5.74, 6) is 0.796. The number of aromatic nitrogens is 1. The minimum absolute atomic E-state index is 0.683. The van der Waals surface area contributed by atoms with Crippen molar-refractivity contribution in [2.75, 3.05) is 12.4 Å². The Morgan fingerprint density at radius 2 is 2.00 bits per heavy atom. The van der Waals surface area contributed by atoms with Crippen molar-refractivity contribution >= 4 is 59.1 Å². The number of hydrogen-bond acceptors (Lipinski definition) is 4. The van der Waals surface area contributed by atoms with Crippen LogP contribution in [0.25, 0.3) is 10.2 Å². The SMILES string of the molecule is COc1cc(NCc2nc3ccccc3s2)c(Br)cc1Br. The van der Waals surface area contributed by atoms with E-state index < -0.39 is 0 Å². The van der Waals surface area contributed by atoms with E-state index in [1.165, 1.54) is 4.70 Å². The fraction of sp³-hybridized carbons (Fsp3) is 0.133. The van der Waals surface area contributed by atoms with Crippen molar-refractivity contribution in [2.45, 2.75) is 6.54 Å². The Kier molecular flexibility index (Phi) is 4.47. The molecule has 0 spiro atoms. The molecule has 6 heteroatoms. The lowest BCUT2D eigenvalue weighted by atomic mass is 10.3. The normalized spacial score (nSPS) is 10.8. The Balaban J connectivity index is 1.81. The van der Waals surface area contributed by atoms with Gasteiger partial charge in [-0.05, 0) is 50.1 Å². The van der Waals surface area contributed by atoms with Gasteiger partial charge in [0.2, 0.25) is 0 Å². The summed E-state index contributed by atoms with van der Waals surface area (Å²) in [6.07, 6.45) is 0. The lowest BCUT2D eigenvalue weighted by Gasteiger charge is -2.10. The van der Waals surface area contributed by atoms with Gasteiger partial charge in [0.15, 0.2) is 0 Å². The van der Waals surface area contributed by atoms with Gasteiger partial charge in [0.05, 0.1) is 34.0 Å². The molecular formula is C15H12Br2N2OS. The van der Waals surface area contributed by atoms with Crippen LogP contribution in [0.1, 0.15) is 5.01 Å². The molecule has 0 fully saturated rings. The van der Waals surface area contributed by atoms with Crippen LogP contribution in [-0.2, 0) is 6.54 Å². The zero-order valence-corrected chi connectivity index (χ0v) is 15.2. The number of thiazole rings is 1. The molecular weight excluding hydrogens is 416 g/mol. The van der Waals surface area contributed by atoms with Gasteiger partial charge in [-0.1, -0.05) is 12.1 Å². The maximum absolute atomic E-state index is 5.32. The Bertz CT molecular complexity index is 755. The second kappa shape index (κ2) is 6.34. The molecule has 3 aromatic rings. The molecule has 1 aromatic heterocycles. The molecule has 0 aliphatic rings. The minimum Gasteiger partial charge on any atom is -0.495 e. The molecule has 0 aliphatic heterocycles. The summed E-state index contributed by atoms with van der Waals surface area (Å²) < 4.78 is 8.43. The van der Waals surface area contributed by atoms with Crippen LogP contribution in [0.15, 0.2) is 45.3 Å². The Morgan fingerprint density at radius 3 is 2.76 bits per heavy atom. The van der Waals surface area contributed by atoms with Gasteiger partial charge in [0.1, 0.15) is 10.8 Å². The molecule has 0 saturated heterocycles. The molecule has 1 heterocycles. The molecule has 0 radical (unpaired) electrons. The molecule has 0 saturated carbocycles. The second-order valence-electron chi connectivity index (χ2n) is 4.40. The molecule has 0 amide bonds. The van der Waals surface area contributed by atoms with E-state index in [9.17, 15) is 0 Å². The predicted molar refractivity (Wildman–Crippen MR) is 95.3 cm³/mol. The van der Waals surface area contributed by atoms with Crippen LogP contribution in [0, 0.1) is 0 Å². The first kappa shape index (κ1) is 14.8. The summed E-state index contributed by atoms with van der Waals surface area (Å²) >= 11 is 8.73. The van der Waals surface area contributed by atoms with Gasteiger partial charge < -0.3 is 10.1 Å². The van der Waals surface area contributed by atoms with Crippen LogP contribution < -0.4 is 10.1 Å². The minimum atomic E-state index is 0.683. The first-order chi connectivity index (χ1) is 10.2. The number of nitrogens with one attached hydrogen (secondary N) is 1. The summed E-state index contributed by atoms with van der Waals surface area (Å²) in [5, 5.41) is 4.45. The fourth-order valence-electron chi connectivity index (χ4n) is 1.99. The number of fused-ring (bicyclic) bond motifs is 1. The number of methoxy groups -OCH3 is 1. The average Bonchev–Trinajstić information content (AvgIpc) is 2.89. The summed E-state index contributed by atoms with van der Waals surface area (Å²) in [6, 6.07) is 12.1. The maximum Gasteiger partial charge on any atom is 0.135 e. The molecule has 3 rings (SSSR count). The van der Waals surface area contributed by atoms with Gasteiger partial charge in [-0.25, -0.2) is 4.98 Å². The largest absolute Gasteiger partial charge is 0.495 e. The van der Waals surface area contributed by atoms with Gasteiger partial charge in [-0.3, -0.25) is 0 Å². The van der Waals surface area contributed by atoms with Crippen molar-refractivity contribution in [3.05, 3.63) is 50.4 Å². The first-order valence-corrected chi connectivity index (χ1v) is 8.69. The highest BCUT2D eigenvalue weighted by atomic mass is 79.9. The van der Waals surface area contributed by atoms with E-state index in [0.29, 0.717) is 6.54 Å². The highest BCUT2D eigenvalue weighted by Gasteiger charge is 2.08. The molecule has 21 heavy (non-hydrogen) atoms. The zero-order chi connectivity index (χ0) is 14.8. The van der Waals surface area contributed by atoms with Gasteiger partial charge in [-0.15, -0.1) is 11.3 Å². The summed E-state index contributed by atoms with van der Waals surface area (Å²) in [7, 11) is 1.66. The number of nitrogens with zero attached hydrogens (tertiary/aromatic N) is 1. The highest BCUT2D eigenvalue weighted by molar-refractivity contribution is 9.11. The number of benzene rings is 2. The van der Waals surface area contributed by atoms with Crippen LogP contribution in [0.3, 0.4) is 0 Å². The van der Waals surface area contributed by atoms with Crippen molar-refractivity contribution in [2.24, 2.45) is 0 Å². The van der Waals surface area contributed by atoms with Gasteiger partial charge in [0.25, 0.3) is 0 Å². The van der Waals surface area contributed by atoms with E-state index >= 15 is 0 Å². The third kappa shape index (κ3) is 3.22. The number of anilines is 1. The molecule has 2 aromatic carbocycles. The van der Waals surface area contributed by atoms with E-state index in [0.717, 1.165) is 30.9 Å². The van der Waals surface area contributed by atoms with Crippen LogP contribution in [0.4, 0.5) is 5.69 Å². The van der Waals surface area contributed by atoms with Crippen molar-refractivity contribution in [3.8, 4) is 5.75 Å². The first-order valence-electron chi connectivity index (χ1n) is 6.28. The smallest absolute Gasteiger partial charge is 0.135 e. The molecule has 3 nitrogen and oxygen atoms in total. The number of rotatable bonds is 4. The van der Waals surface area contributed by atoms with E-state index in [1.807, 2.05) is 30.3 Å². The number of ether oxygens (including phenoxy) is 1. The number of para-hydroxylation sites is 1. The Morgan fingerprint density at radius 1 is 1.19 bits per heavy atom. The Hall–Kier alpha value is -1.11. The average molecular weight is 428 g/mol. The van der Waals surface area contributed by atoms with E-state index in [4.69, 9.17) is 4.74 Å². The summed E-state index contributed by atoms with van der Waals surface area (Å²) in [4.78, 5) is 4.62. The van der Waals surface area contributed by atoms with Gasteiger partial charge in [-0.2, -0.15) is 0 Å². The summed E-state index contributed by atoms with van der Waals surface area (Å²) in [5.41, 5.74) is 2.03. The molecule has 0 atom stereocenters. The maximum atomic E-state index is 5.32. The van der Waals surface area contributed by atoms with Crippen molar-refractivity contribution in [3.63, 3.8) is 0 Å². The van der Waals surface area contributed by atoms with Crippen LogP contribution in [0.2, 0.25) is 0 Å². The van der Waals surface area contributed by atoms with Crippen molar-refractivity contribution < 1.29 is 4.74 Å². The number of hydrogen-bond donors (Lipinski definition) is 1. The van der Waals surface area contributed by atoms with E-state index in [1.54, 1.807) is 18.4 Å². The van der Waals surface area contributed by atoms with Crippen LogP contribution in [0.5, 0.6) is 5.75 Å². The summed E-state index contributed by atoms with van der Waals surface area (Å²) in [6.45, 7) is 0.683. The molecule has 0 aliphatic carbocycles. The predicted octanol–water partition coefficient (Wildman–Crippen LogP) is 5.44. The lowest BCUT2D eigenvalue weighted by molar-refractivity contribution is 0.412. The second-order valence-corrected chi connectivity index (χ2v) is 7.22. The number of halogens is 2. The molecule has 0 unspecified atom stereocenters. The topological polar surface area (TPSA) is 34.1 Å². The van der Waals surface area contributed by atoms with Crippen molar-refractivity contribution in [1.82, 2.24) is 4.98 Å². The van der Waals surface area contributed by atoms with Gasteiger partial charge >= 0.3 is 0 Å². The monoisotopic (exact) mass is 426 g/mol. The Labute approximate surface area is 143 Å². The third-order valence-electron chi connectivity index (χ3n) is 3.01. The van der Waals surface area contributed by atoms with Crippen molar-refractivity contribution in [1.29, 1.82) is 0 Å². The quantitative estimate of drug-likeness (QED) is 0.601. The fourth-order valence-corrected chi connectivity index (χ4v) is 4.19. The van der Waals surface area contributed by atoms with E-state index in [-0.39, 0.29) is 0 Å². The molecule has 0 bridgehead atoms. The lowest BCUT2D eigenvalue weighted by Crippen LogP contribution is -2.00. The highest BCUT2D eigenvalue weighted by Crippen LogP contribution is 2.35. The third-order valence-corrected chi connectivity index (χ3v) is 5.32. The van der Waals surface area contributed by atoms with Crippen LogP contribution in [-0.4, -0.2) is 12.1 Å². The van der Waals surface area contributed by atoms with Gasteiger partial charge in [0, 0.05) is 10.5 Å². The standard InChI is InChI=1S/C15H12Br2N2OS/c1-20-13-7-12(9(16)6-10(13)17)18-8-15-19-11-4-2-3-5-14(11)21-15/h2-7,18H,8H2,1H3. The van der Waals surface area contributed by atoms with Crippen LogP contribution >= 0.6 is 43.2 Å². The zero-order valence-electron chi connectivity index (χ0n) is 11.2. The molecule has 108 valence electrons. The molecule has 1 N–H and O–H groups in total. The van der Waals surface area contributed by atoms with E-state index in [2.05, 4.69) is 48.2 Å².